The molecule has 1 aromatic carbocycles. The van der Waals surface area contributed by atoms with E-state index in [1.165, 1.54) is 44.3 Å². The van der Waals surface area contributed by atoms with E-state index in [0.29, 0.717) is 17.9 Å². The van der Waals surface area contributed by atoms with Crippen LogP contribution in [0.4, 0.5) is 0 Å². The van der Waals surface area contributed by atoms with Crippen LogP contribution in [-0.4, -0.2) is 84.8 Å². The van der Waals surface area contributed by atoms with Gasteiger partial charge in [0.25, 0.3) is 0 Å². The lowest BCUT2D eigenvalue weighted by atomic mass is 9.89. The van der Waals surface area contributed by atoms with E-state index in [-0.39, 0.29) is 30.3 Å². The highest BCUT2D eigenvalue weighted by Crippen LogP contribution is 2.28. The van der Waals surface area contributed by atoms with E-state index in [0.717, 1.165) is 32.0 Å². The molecule has 2 aliphatic rings. The van der Waals surface area contributed by atoms with Crippen molar-refractivity contribution in [2.75, 3.05) is 39.8 Å². The Balaban J connectivity index is 0.000000581. The lowest BCUT2D eigenvalue weighted by molar-refractivity contribution is -0.132. The van der Waals surface area contributed by atoms with Crippen molar-refractivity contribution in [1.82, 2.24) is 20.0 Å². The van der Waals surface area contributed by atoms with Crippen LogP contribution in [0.3, 0.4) is 0 Å². The van der Waals surface area contributed by atoms with Crippen LogP contribution in [0.2, 0.25) is 0 Å². The van der Waals surface area contributed by atoms with Crippen LogP contribution in [0.15, 0.2) is 42.0 Å². The Morgan fingerprint density at radius 2 is 1.54 bits per heavy atom. The van der Waals surface area contributed by atoms with Crippen molar-refractivity contribution < 1.29 is 14.4 Å². The van der Waals surface area contributed by atoms with Crippen molar-refractivity contribution >= 4 is 18.2 Å². The summed E-state index contributed by atoms with van der Waals surface area (Å²) < 4.78 is 0. The Bertz CT molecular complexity index is 902. The molecule has 2 fully saturated rings. The molecule has 7 nitrogen and oxygen atoms in total. The van der Waals surface area contributed by atoms with E-state index in [1.54, 1.807) is 11.9 Å². The smallest absolute Gasteiger partial charge is 0.249 e. The van der Waals surface area contributed by atoms with Crippen molar-refractivity contribution in [3.05, 3.63) is 47.5 Å². The monoisotopic (exact) mass is 570 g/mol. The number of carbonyl (C=O) groups is 3. The van der Waals surface area contributed by atoms with E-state index < -0.39 is 0 Å². The third-order valence-electron chi connectivity index (χ3n) is 7.79. The first-order chi connectivity index (χ1) is 19.6. The largest absolute Gasteiger partial charge is 0.350 e. The second kappa shape index (κ2) is 20.2. The maximum Gasteiger partial charge on any atom is 0.249 e. The molecule has 7 heteroatoms. The molecule has 1 N–H and O–H groups in total. The van der Waals surface area contributed by atoms with E-state index >= 15 is 0 Å². The highest BCUT2D eigenvalue weighted by atomic mass is 16.2. The van der Waals surface area contributed by atoms with Crippen LogP contribution in [0.25, 0.3) is 0 Å². The van der Waals surface area contributed by atoms with Gasteiger partial charge in [0.15, 0.2) is 0 Å². The fraction of sp³-hybridized carbons (Fsp3) is 0.676. The van der Waals surface area contributed by atoms with Crippen LogP contribution >= 0.6 is 0 Å². The minimum atomic E-state index is -0.207. The summed E-state index contributed by atoms with van der Waals surface area (Å²) in [6, 6.07) is 11.0. The number of likely N-dealkylation sites (N-methyl/N-ethyl adjacent to an activating group) is 1. The zero-order chi connectivity index (χ0) is 30.8. The molecule has 0 radical (unpaired) electrons. The summed E-state index contributed by atoms with van der Waals surface area (Å²) in [5.74, 6) is 0.499. The summed E-state index contributed by atoms with van der Waals surface area (Å²) in [5.41, 5.74) is 2.00. The first kappa shape index (κ1) is 36.4. The zero-order valence-corrected chi connectivity index (χ0v) is 27.2. The van der Waals surface area contributed by atoms with Crippen LogP contribution < -0.4 is 5.32 Å². The Kier molecular flexibility index (Phi) is 18.0. The molecular weight excluding hydrogens is 512 g/mol. The molecule has 0 aromatic heterocycles. The van der Waals surface area contributed by atoms with Gasteiger partial charge in [0.2, 0.25) is 18.2 Å². The van der Waals surface area contributed by atoms with Gasteiger partial charge in [0.05, 0.1) is 12.6 Å². The first-order valence-corrected chi connectivity index (χ1v) is 15.8. The predicted octanol–water partition coefficient (Wildman–Crippen LogP) is 5.86. The van der Waals surface area contributed by atoms with Crippen molar-refractivity contribution in [2.24, 2.45) is 5.92 Å². The third kappa shape index (κ3) is 13.2. The molecule has 2 aliphatic heterocycles. The highest BCUT2D eigenvalue weighted by molar-refractivity contribution is 5.93. The fourth-order valence-electron chi connectivity index (χ4n) is 5.32. The maximum absolute atomic E-state index is 13.0. The molecule has 0 saturated carbocycles. The number of benzene rings is 1. The summed E-state index contributed by atoms with van der Waals surface area (Å²) in [6.07, 6.45) is 9.85. The molecule has 1 atom stereocenters. The lowest BCUT2D eigenvalue weighted by Crippen LogP contribution is -2.44. The van der Waals surface area contributed by atoms with Gasteiger partial charge in [-0.2, -0.15) is 0 Å². The number of nitrogens with one attached hydrogen (secondary N) is 1. The van der Waals surface area contributed by atoms with Crippen molar-refractivity contribution in [3.8, 4) is 0 Å². The highest BCUT2D eigenvalue weighted by Gasteiger charge is 2.26. The number of carbonyl (C=O) groups excluding carboxylic acids is 3. The molecule has 0 bridgehead atoms. The molecule has 41 heavy (non-hydrogen) atoms. The van der Waals surface area contributed by atoms with Crippen molar-refractivity contribution in [1.29, 1.82) is 0 Å². The number of hydrogen-bond acceptors (Lipinski definition) is 4. The number of piperidine rings is 2. The molecule has 1 unspecified atom stereocenters. The maximum atomic E-state index is 13.0. The molecule has 1 aromatic rings. The zero-order valence-electron chi connectivity index (χ0n) is 27.2. The van der Waals surface area contributed by atoms with Crippen molar-refractivity contribution in [3.63, 3.8) is 0 Å². The van der Waals surface area contributed by atoms with E-state index in [9.17, 15) is 14.4 Å². The molecule has 0 aliphatic carbocycles. The predicted molar refractivity (Wildman–Crippen MR) is 171 cm³/mol. The summed E-state index contributed by atoms with van der Waals surface area (Å²) in [5, 5.41) is 2.40. The molecule has 232 valence electrons. The molecular formula is C34H58N4O3. The van der Waals surface area contributed by atoms with Gasteiger partial charge in [0, 0.05) is 31.8 Å². The molecule has 3 rings (SSSR count). The normalized spacial score (nSPS) is 17.1. The second-order valence-electron chi connectivity index (χ2n) is 12.0. The van der Waals surface area contributed by atoms with Crippen LogP contribution in [0.1, 0.15) is 98.5 Å². The summed E-state index contributed by atoms with van der Waals surface area (Å²) in [7, 11) is 1.71. The number of hydrogen-bond donors (Lipinski definition) is 1. The quantitative estimate of drug-likeness (QED) is 0.298. The van der Waals surface area contributed by atoms with Gasteiger partial charge in [-0.25, -0.2) is 0 Å². The Labute approximate surface area is 250 Å². The molecule has 2 heterocycles. The molecule has 3 amide bonds. The van der Waals surface area contributed by atoms with Crippen LogP contribution in [-0.2, 0) is 14.4 Å². The van der Waals surface area contributed by atoms with Gasteiger partial charge >= 0.3 is 0 Å². The van der Waals surface area contributed by atoms with Gasteiger partial charge in [-0.15, -0.1) is 0 Å². The molecule has 0 spiro atoms. The summed E-state index contributed by atoms with van der Waals surface area (Å²) in [4.78, 5) is 41.7. The Hall–Kier alpha value is -2.67. The standard InChI is InChI=1S/C23H33N3O3.C8H17N.C3H8/c1-17(2)21(25(4)22(28)15-24-16-27)14-18(3)23(29)26-12-10-20(11-13-26)19-8-6-5-7-9-19;1-8(2)9-6-4-3-5-7-9;1-3-2/h5-9,14,16-17,20-21H,10-13,15H2,1-4H3,(H,24,27);8H,3-7H2,1-2H3;3H2,1-2H3/b18-14+;;. The van der Waals surface area contributed by atoms with Gasteiger partial charge in [0.1, 0.15) is 0 Å². The van der Waals surface area contributed by atoms with Gasteiger partial charge in [-0.3, -0.25) is 14.4 Å². The van der Waals surface area contributed by atoms with Crippen molar-refractivity contribution in [2.45, 2.75) is 105 Å². The lowest BCUT2D eigenvalue weighted by Gasteiger charge is -2.33. The number of nitrogens with zero attached hydrogens (tertiary/aromatic N) is 3. The molecule has 2 saturated heterocycles. The summed E-state index contributed by atoms with van der Waals surface area (Å²) in [6.45, 7) is 18.8. The number of amides is 3. The minimum absolute atomic E-state index is 0.0361. The summed E-state index contributed by atoms with van der Waals surface area (Å²) >= 11 is 0. The van der Waals surface area contributed by atoms with Crippen LogP contribution in [0, 0.1) is 5.92 Å². The Morgan fingerprint density at radius 3 is 2.00 bits per heavy atom. The van der Waals surface area contributed by atoms with Crippen LogP contribution in [0.5, 0.6) is 0 Å². The second-order valence-corrected chi connectivity index (χ2v) is 12.0. The average molecular weight is 571 g/mol. The average Bonchev–Trinajstić information content (AvgIpc) is 2.99. The van der Waals surface area contributed by atoms with E-state index in [4.69, 9.17) is 0 Å². The van der Waals surface area contributed by atoms with Gasteiger partial charge in [-0.05, 0) is 76.9 Å². The van der Waals surface area contributed by atoms with Gasteiger partial charge in [-0.1, -0.05) is 76.9 Å². The SMILES string of the molecule is C/C(=C\C(C(C)C)N(C)C(=O)CNC=O)C(=O)N1CCC(c2ccccc2)CC1.CC(C)N1CCCCC1.CCC. The minimum Gasteiger partial charge on any atom is -0.350 e. The van der Waals surface area contributed by atoms with Gasteiger partial charge < -0.3 is 20.0 Å². The third-order valence-corrected chi connectivity index (χ3v) is 7.79. The number of rotatable bonds is 9. The fourth-order valence-corrected chi connectivity index (χ4v) is 5.32. The Morgan fingerprint density at radius 1 is 0.976 bits per heavy atom. The number of likely N-dealkylation sites (tertiary alicyclic amines) is 2. The van der Waals surface area contributed by atoms with E-state index in [1.807, 2.05) is 37.8 Å². The topological polar surface area (TPSA) is 73.0 Å². The van der Waals surface area contributed by atoms with E-state index in [2.05, 4.69) is 62.2 Å². The first-order valence-electron chi connectivity index (χ1n) is 15.8.